The van der Waals surface area contributed by atoms with Crippen LogP contribution >= 0.6 is 0 Å². The quantitative estimate of drug-likeness (QED) is 0.423. The van der Waals surface area contributed by atoms with Crippen molar-refractivity contribution in [2.45, 2.75) is 24.8 Å². The molecule has 2 aromatic carbocycles. The van der Waals surface area contributed by atoms with E-state index in [0.29, 0.717) is 16.9 Å². The molecule has 1 atom stereocenters. The maximum Gasteiger partial charge on any atom is 0.274 e. The lowest BCUT2D eigenvalue weighted by atomic mass is 10.1. The fourth-order valence-electron chi connectivity index (χ4n) is 3.01. The van der Waals surface area contributed by atoms with Crippen molar-refractivity contribution in [2.75, 3.05) is 14.1 Å². The van der Waals surface area contributed by atoms with Gasteiger partial charge in [-0.25, -0.2) is 17.4 Å². The van der Waals surface area contributed by atoms with E-state index >= 15 is 0 Å². The summed E-state index contributed by atoms with van der Waals surface area (Å²) in [5.41, 5.74) is 1.52. The molecule has 0 radical (unpaired) electrons. The zero-order valence-corrected chi connectivity index (χ0v) is 18.7. The van der Waals surface area contributed by atoms with Crippen LogP contribution in [0.25, 0.3) is 5.69 Å². The third-order valence-corrected chi connectivity index (χ3v) is 6.73. The summed E-state index contributed by atoms with van der Waals surface area (Å²) in [5.74, 6) is -0.475. The van der Waals surface area contributed by atoms with Crippen LogP contribution in [0.5, 0.6) is 0 Å². The fourth-order valence-corrected chi connectivity index (χ4v) is 3.91. The second-order valence-electron chi connectivity index (χ2n) is 7.26. The number of sulfonamides is 1. The molecule has 0 spiro atoms. The normalized spacial score (nSPS) is 12.5. The number of hydrogen-bond donors (Lipinski definition) is 1. The molecule has 0 aliphatic heterocycles. The summed E-state index contributed by atoms with van der Waals surface area (Å²) >= 11 is 0. The fraction of sp³-hybridized carbons (Fsp3) is 0.250. The minimum Gasteiger partial charge on any atom is -0.344 e. The van der Waals surface area contributed by atoms with Gasteiger partial charge in [0.2, 0.25) is 10.0 Å². The molecule has 11 nitrogen and oxygen atoms in total. The number of rotatable bonds is 7. The largest absolute Gasteiger partial charge is 0.344 e. The Bertz CT molecular complexity index is 1270. The molecular weight excluding hydrogens is 436 g/mol. The van der Waals surface area contributed by atoms with E-state index in [2.05, 4.69) is 15.6 Å². The van der Waals surface area contributed by atoms with Crippen molar-refractivity contribution in [3.63, 3.8) is 0 Å². The lowest BCUT2D eigenvalue weighted by molar-refractivity contribution is -0.384. The zero-order chi connectivity index (χ0) is 23.6. The lowest BCUT2D eigenvalue weighted by Crippen LogP contribution is -2.28. The number of non-ortho nitro benzene ring substituents is 1. The molecule has 3 aromatic rings. The van der Waals surface area contributed by atoms with Crippen molar-refractivity contribution in [3.05, 3.63) is 75.6 Å². The van der Waals surface area contributed by atoms with Crippen LogP contribution < -0.4 is 5.32 Å². The van der Waals surface area contributed by atoms with Crippen LogP contribution in [0.2, 0.25) is 0 Å². The first-order valence-corrected chi connectivity index (χ1v) is 11.0. The first kappa shape index (κ1) is 23.0. The molecule has 3 rings (SSSR count). The Hall–Kier alpha value is -3.64. The summed E-state index contributed by atoms with van der Waals surface area (Å²) in [7, 11) is -0.633. The Morgan fingerprint density at radius 3 is 2.44 bits per heavy atom. The maximum absolute atomic E-state index is 12.7. The molecule has 0 saturated heterocycles. The number of nitrogens with one attached hydrogen (secondary N) is 1. The van der Waals surface area contributed by atoms with Gasteiger partial charge in [0, 0.05) is 26.2 Å². The predicted octanol–water partition coefficient (Wildman–Crippen LogP) is 2.23. The summed E-state index contributed by atoms with van der Waals surface area (Å²) < 4.78 is 26.9. The van der Waals surface area contributed by atoms with E-state index in [0.717, 1.165) is 4.31 Å². The Morgan fingerprint density at radius 1 is 1.19 bits per heavy atom. The highest BCUT2D eigenvalue weighted by Gasteiger charge is 2.21. The van der Waals surface area contributed by atoms with E-state index < -0.39 is 26.9 Å². The Balaban J connectivity index is 1.78. The maximum atomic E-state index is 12.7. The number of aromatic nitrogens is 3. The smallest absolute Gasteiger partial charge is 0.274 e. The first-order valence-electron chi connectivity index (χ1n) is 9.53. The molecule has 0 bridgehead atoms. The highest BCUT2D eigenvalue weighted by Crippen LogP contribution is 2.20. The first-order chi connectivity index (χ1) is 15.0. The van der Waals surface area contributed by atoms with Crippen molar-refractivity contribution in [1.29, 1.82) is 0 Å². The molecule has 32 heavy (non-hydrogen) atoms. The molecular formula is C20H22N6O5S. The second kappa shape index (κ2) is 8.85. The SMILES string of the molecule is Cc1c(C(=O)NC(C)c2ccc(S(=O)(=O)N(C)C)cc2)nnn1-c1cccc([N+](=O)[O-])c1. The third-order valence-electron chi connectivity index (χ3n) is 4.90. The number of hydrogen-bond acceptors (Lipinski definition) is 7. The van der Waals surface area contributed by atoms with Gasteiger partial charge in [0.05, 0.1) is 27.2 Å². The van der Waals surface area contributed by atoms with Crippen LogP contribution in [-0.4, -0.2) is 52.6 Å². The van der Waals surface area contributed by atoms with Gasteiger partial charge < -0.3 is 5.32 Å². The van der Waals surface area contributed by atoms with Crippen molar-refractivity contribution in [2.24, 2.45) is 0 Å². The Morgan fingerprint density at radius 2 is 1.84 bits per heavy atom. The number of nitrogens with zero attached hydrogens (tertiary/aromatic N) is 5. The molecule has 1 N–H and O–H groups in total. The average molecular weight is 459 g/mol. The highest BCUT2D eigenvalue weighted by molar-refractivity contribution is 7.89. The monoisotopic (exact) mass is 458 g/mol. The molecule has 0 aliphatic carbocycles. The molecule has 1 unspecified atom stereocenters. The van der Waals surface area contributed by atoms with Crippen LogP contribution in [0.1, 0.15) is 34.7 Å². The number of benzene rings is 2. The summed E-state index contributed by atoms with van der Waals surface area (Å²) in [6, 6.07) is 11.7. The van der Waals surface area contributed by atoms with Crippen molar-refractivity contribution in [1.82, 2.24) is 24.6 Å². The topological polar surface area (TPSA) is 140 Å². The van der Waals surface area contributed by atoms with Gasteiger partial charge >= 0.3 is 0 Å². The van der Waals surface area contributed by atoms with Crippen LogP contribution in [0.3, 0.4) is 0 Å². The van der Waals surface area contributed by atoms with Gasteiger partial charge in [0.1, 0.15) is 0 Å². The number of carbonyl (C=O) groups is 1. The molecule has 0 fully saturated rings. The van der Waals surface area contributed by atoms with E-state index in [9.17, 15) is 23.3 Å². The van der Waals surface area contributed by atoms with Gasteiger partial charge in [0.25, 0.3) is 11.6 Å². The minimum absolute atomic E-state index is 0.0789. The van der Waals surface area contributed by atoms with Gasteiger partial charge in [-0.2, -0.15) is 0 Å². The molecule has 12 heteroatoms. The Labute approximate surface area is 184 Å². The van der Waals surface area contributed by atoms with Crippen LogP contribution in [0, 0.1) is 17.0 Å². The van der Waals surface area contributed by atoms with Crippen molar-refractivity contribution < 1.29 is 18.1 Å². The van der Waals surface area contributed by atoms with E-state index in [-0.39, 0.29) is 16.3 Å². The molecule has 0 saturated carbocycles. The van der Waals surface area contributed by atoms with Crippen LogP contribution in [0.15, 0.2) is 53.4 Å². The number of carbonyl (C=O) groups excluding carboxylic acids is 1. The number of nitro benzene ring substituents is 1. The molecule has 0 aliphatic rings. The predicted molar refractivity (Wildman–Crippen MR) is 116 cm³/mol. The molecule has 1 aromatic heterocycles. The molecule has 1 heterocycles. The summed E-state index contributed by atoms with van der Waals surface area (Å²) in [6.07, 6.45) is 0. The van der Waals surface area contributed by atoms with Crippen molar-refractivity contribution in [3.8, 4) is 5.69 Å². The lowest BCUT2D eigenvalue weighted by Gasteiger charge is -2.15. The second-order valence-corrected chi connectivity index (χ2v) is 9.42. The number of nitro groups is 1. The van der Waals surface area contributed by atoms with Gasteiger partial charge in [0.15, 0.2) is 5.69 Å². The molecule has 168 valence electrons. The van der Waals surface area contributed by atoms with Gasteiger partial charge in [-0.05, 0) is 37.6 Å². The third kappa shape index (κ3) is 4.50. The minimum atomic E-state index is -3.54. The van der Waals surface area contributed by atoms with E-state index in [1.165, 1.54) is 49.1 Å². The van der Waals surface area contributed by atoms with Gasteiger partial charge in [-0.15, -0.1) is 5.10 Å². The van der Waals surface area contributed by atoms with Crippen molar-refractivity contribution >= 4 is 21.6 Å². The van der Waals surface area contributed by atoms with Crippen LogP contribution in [0.4, 0.5) is 5.69 Å². The Kier molecular flexibility index (Phi) is 6.37. The number of amides is 1. The van der Waals surface area contributed by atoms with E-state index in [4.69, 9.17) is 0 Å². The van der Waals surface area contributed by atoms with E-state index in [1.807, 2.05) is 0 Å². The molecule has 1 amide bonds. The van der Waals surface area contributed by atoms with E-state index in [1.54, 1.807) is 32.0 Å². The summed E-state index contributed by atoms with van der Waals surface area (Å²) in [4.78, 5) is 23.4. The van der Waals surface area contributed by atoms with Crippen LogP contribution in [-0.2, 0) is 10.0 Å². The highest BCUT2D eigenvalue weighted by atomic mass is 32.2. The summed E-state index contributed by atoms with van der Waals surface area (Å²) in [5, 5.41) is 21.7. The standard InChI is InChI=1S/C20H22N6O5S/c1-13(15-8-10-18(11-9-15)32(30,31)24(3)4)21-20(27)19-14(2)25(23-22-19)16-6-5-7-17(12-16)26(28)29/h5-13H,1-4H3,(H,21,27). The van der Waals surface area contributed by atoms with Gasteiger partial charge in [-0.3, -0.25) is 14.9 Å². The zero-order valence-electron chi connectivity index (χ0n) is 17.9. The van der Waals surface area contributed by atoms with Gasteiger partial charge in [-0.1, -0.05) is 23.4 Å². The average Bonchev–Trinajstić information content (AvgIpc) is 3.15. The summed E-state index contributed by atoms with van der Waals surface area (Å²) in [6.45, 7) is 3.40.